The van der Waals surface area contributed by atoms with Crippen LogP contribution in [0, 0.1) is 6.92 Å². The van der Waals surface area contributed by atoms with Crippen LogP contribution in [0.15, 0.2) is 24.3 Å². The summed E-state index contributed by atoms with van der Waals surface area (Å²) in [7, 11) is 1.79. The van der Waals surface area contributed by atoms with Crippen LogP contribution in [-0.4, -0.2) is 21.4 Å². The molecule has 0 fully saturated rings. The van der Waals surface area contributed by atoms with Crippen molar-refractivity contribution in [2.75, 3.05) is 0 Å². The predicted octanol–water partition coefficient (Wildman–Crippen LogP) is 2.24. The van der Waals surface area contributed by atoms with Crippen molar-refractivity contribution >= 4 is 11.8 Å². The molecule has 2 aromatic rings. The zero-order chi connectivity index (χ0) is 13.0. The first-order valence-electron chi connectivity index (χ1n) is 5.60. The minimum atomic E-state index is -1.05. The Morgan fingerprint density at radius 2 is 1.83 bits per heavy atom. The van der Waals surface area contributed by atoms with E-state index in [0.29, 0.717) is 22.5 Å². The summed E-state index contributed by atoms with van der Waals surface area (Å²) in [4.78, 5) is 23.6. The number of hydrogen-bond donors (Lipinski definition) is 1. The number of aromatic nitrogens is 1. The molecule has 0 radical (unpaired) electrons. The molecule has 0 bridgehead atoms. The fourth-order valence-corrected chi connectivity index (χ4v) is 2.62. The summed E-state index contributed by atoms with van der Waals surface area (Å²) in [6, 6.07) is 7.22. The van der Waals surface area contributed by atoms with Crippen molar-refractivity contribution in [2.24, 2.45) is 7.05 Å². The molecule has 0 aliphatic heterocycles. The normalized spacial score (nSPS) is 12.4. The van der Waals surface area contributed by atoms with Crippen molar-refractivity contribution in [3.8, 4) is 11.3 Å². The van der Waals surface area contributed by atoms with Gasteiger partial charge in [0.05, 0.1) is 16.8 Å². The van der Waals surface area contributed by atoms with Crippen LogP contribution >= 0.6 is 0 Å². The largest absolute Gasteiger partial charge is 0.478 e. The van der Waals surface area contributed by atoms with Gasteiger partial charge in [-0.2, -0.15) is 0 Å². The van der Waals surface area contributed by atoms with Crippen LogP contribution in [0.25, 0.3) is 11.3 Å². The van der Waals surface area contributed by atoms with Crippen molar-refractivity contribution in [1.82, 2.24) is 4.57 Å². The van der Waals surface area contributed by atoms with Crippen LogP contribution in [0.2, 0.25) is 0 Å². The van der Waals surface area contributed by atoms with Gasteiger partial charge in [0.25, 0.3) is 0 Å². The van der Waals surface area contributed by atoms with Gasteiger partial charge in [-0.1, -0.05) is 24.3 Å². The molecule has 4 nitrogen and oxygen atoms in total. The number of carbonyl (C=O) groups is 2. The average molecular weight is 241 g/mol. The van der Waals surface area contributed by atoms with E-state index in [-0.39, 0.29) is 11.3 Å². The number of benzene rings is 1. The number of fused-ring (bicyclic) bond motifs is 3. The standard InChI is InChI=1S/C14H11NO3/c1-7-10(14(17)18)11-12(15(7)2)8-5-3-4-6-9(8)13(11)16/h3-6H,1-2H3,(H,17,18). The summed E-state index contributed by atoms with van der Waals surface area (Å²) in [5.41, 5.74) is 3.16. The quantitative estimate of drug-likeness (QED) is 0.710. The number of nitrogens with zero attached hydrogens (tertiary/aromatic N) is 1. The molecule has 1 aliphatic rings. The highest BCUT2D eigenvalue weighted by atomic mass is 16.4. The van der Waals surface area contributed by atoms with Gasteiger partial charge in [-0.25, -0.2) is 4.79 Å². The summed E-state index contributed by atoms with van der Waals surface area (Å²) in [5.74, 6) is -1.24. The first kappa shape index (κ1) is 10.8. The molecule has 1 aliphatic carbocycles. The van der Waals surface area contributed by atoms with Gasteiger partial charge in [-0.15, -0.1) is 0 Å². The Balaban J connectivity index is 2.45. The SMILES string of the molecule is Cc1c(C(=O)O)c2c(n1C)-c1ccccc1C2=O. The second-order valence-electron chi connectivity index (χ2n) is 4.42. The summed E-state index contributed by atoms with van der Waals surface area (Å²) in [5, 5.41) is 9.27. The molecule has 0 amide bonds. The van der Waals surface area contributed by atoms with Gasteiger partial charge in [-0.3, -0.25) is 4.79 Å². The van der Waals surface area contributed by atoms with Crippen molar-refractivity contribution in [3.05, 3.63) is 46.6 Å². The number of ketones is 1. The second kappa shape index (κ2) is 3.32. The molecular weight excluding hydrogens is 230 g/mol. The van der Waals surface area contributed by atoms with Crippen molar-refractivity contribution in [2.45, 2.75) is 6.92 Å². The van der Waals surface area contributed by atoms with Gasteiger partial charge in [-0.05, 0) is 6.92 Å². The van der Waals surface area contributed by atoms with Gasteiger partial charge >= 0.3 is 5.97 Å². The fourth-order valence-electron chi connectivity index (χ4n) is 2.62. The predicted molar refractivity (Wildman–Crippen MR) is 66.0 cm³/mol. The van der Waals surface area contributed by atoms with Crippen LogP contribution in [0.5, 0.6) is 0 Å². The van der Waals surface area contributed by atoms with E-state index in [2.05, 4.69) is 0 Å². The second-order valence-corrected chi connectivity index (χ2v) is 4.42. The number of carboxylic acid groups (broad SMARTS) is 1. The number of carbonyl (C=O) groups excluding carboxylic acids is 1. The molecular formula is C14H11NO3. The van der Waals surface area contributed by atoms with Gasteiger partial charge < -0.3 is 9.67 Å². The topological polar surface area (TPSA) is 59.3 Å². The van der Waals surface area contributed by atoms with Crippen LogP contribution < -0.4 is 0 Å². The molecule has 0 saturated carbocycles. The Hall–Kier alpha value is -2.36. The van der Waals surface area contributed by atoms with Crippen LogP contribution in [0.4, 0.5) is 0 Å². The number of rotatable bonds is 1. The molecule has 1 N–H and O–H groups in total. The molecule has 90 valence electrons. The third-order valence-corrected chi connectivity index (χ3v) is 3.55. The zero-order valence-corrected chi connectivity index (χ0v) is 10.0. The lowest BCUT2D eigenvalue weighted by molar-refractivity contribution is 0.0692. The molecule has 1 aromatic heterocycles. The minimum Gasteiger partial charge on any atom is -0.478 e. The van der Waals surface area contributed by atoms with E-state index in [9.17, 15) is 14.7 Å². The summed E-state index contributed by atoms with van der Waals surface area (Å²) < 4.78 is 1.78. The third kappa shape index (κ3) is 1.09. The lowest BCUT2D eigenvalue weighted by Crippen LogP contribution is -2.06. The number of carboxylic acids is 1. The van der Waals surface area contributed by atoms with E-state index >= 15 is 0 Å². The molecule has 0 atom stereocenters. The number of hydrogen-bond acceptors (Lipinski definition) is 2. The van der Waals surface area contributed by atoms with Crippen LogP contribution in [0.3, 0.4) is 0 Å². The lowest BCUT2D eigenvalue weighted by Gasteiger charge is -2.04. The first-order valence-corrected chi connectivity index (χ1v) is 5.60. The molecule has 4 heteroatoms. The van der Waals surface area contributed by atoms with E-state index in [1.165, 1.54) is 0 Å². The van der Waals surface area contributed by atoms with Gasteiger partial charge in [0.2, 0.25) is 0 Å². The van der Waals surface area contributed by atoms with E-state index < -0.39 is 5.97 Å². The Bertz CT molecular complexity index is 710. The van der Waals surface area contributed by atoms with Gasteiger partial charge in [0.15, 0.2) is 5.78 Å². The van der Waals surface area contributed by atoms with E-state index in [1.54, 1.807) is 30.7 Å². The van der Waals surface area contributed by atoms with E-state index in [0.717, 1.165) is 5.56 Å². The van der Waals surface area contributed by atoms with Crippen molar-refractivity contribution in [1.29, 1.82) is 0 Å². The lowest BCUT2D eigenvalue weighted by atomic mass is 10.1. The number of aromatic carboxylic acids is 1. The maximum atomic E-state index is 12.3. The van der Waals surface area contributed by atoms with Crippen molar-refractivity contribution < 1.29 is 14.7 Å². The molecule has 1 aromatic carbocycles. The van der Waals surface area contributed by atoms with Crippen LogP contribution in [-0.2, 0) is 7.05 Å². The molecule has 1 heterocycles. The van der Waals surface area contributed by atoms with Crippen LogP contribution in [0.1, 0.15) is 32.0 Å². The Kier molecular flexibility index (Phi) is 1.99. The first-order chi connectivity index (χ1) is 8.54. The highest BCUT2D eigenvalue weighted by molar-refractivity contribution is 6.25. The van der Waals surface area contributed by atoms with Gasteiger partial charge in [0, 0.05) is 23.9 Å². The summed E-state index contributed by atoms with van der Waals surface area (Å²) >= 11 is 0. The van der Waals surface area contributed by atoms with E-state index in [4.69, 9.17) is 0 Å². The Labute approximate surface area is 103 Å². The smallest absolute Gasteiger partial charge is 0.338 e. The Morgan fingerprint density at radius 1 is 1.22 bits per heavy atom. The fraction of sp³-hybridized carbons (Fsp3) is 0.143. The monoisotopic (exact) mass is 241 g/mol. The molecule has 0 saturated heterocycles. The minimum absolute atomic E-state index is 0.119. The molecule has 0 unspecified atom stereocenters. The summed E-state index contributed by atoms with van der Waals surface area (Å²) in [6.45, 7) is 1.72. The van der Waals surface area contributed by atoms with E-state index in [1.807, 2.05) is 12.1 Å². The van der Waals surface area contributed by atoms with Gasteiger partial charge in [0.1, 0.15) is 0 Å². The maximum Gasteiger partial charge on any atom is 0.338 e. The zero-order valence-electron chi connectivity index (χ0n) is 10.0. The molecule has 0 spiro atoms. The molecule has 18 heavy (non-hydrogen) atoms. The maximum absolute atomic E-state index is 12.3. The average Bonchev–Trinajstić information content (AvgIpc) is 2.77. The highest BCUT2D eigenvalue weighted by Crippen LogP contribution is 2.40. The van der Waals surface area contributed by atoms with Crippen molar-refractivity contribution in [3.63, 3.8) is 0 Å². The Morgan fingerprint density at radius 3 is 2.44 bits per heavy atom. The third-order valence-electron chi connectivity index (χ3n) is 3.55. The highest BCUT2D eigenvalue weighted by Gasteiger charge is 2.36. The summed E-state index contributed by atoms with van der Waals surface area (Å²) in [6.07, 6.45) is 0. The molecule has 3 rings (SSSR count).